The minimum Gasteiger partial charge on any atom is -0.493 e. The Morgan fingerprint density at radius 2 is 1.90 bits per heavy atom. The summed E-state index contributed by atoms with van der Waals surface area (Å²) in [6, 6.07) is 11.7. The Hall–Kier alpha value is -2.45. The molecule has 1 fully saturated rings. The van der Waals surface area contributed by atoms with Crippen molar-refractivity contribution >= 4 is 27.3 Å². The van der Waals surface area contributed by atoms with Crippen LogP contribution in [-0.4, -0.2) is 57.6 Å². The van der Waals surface area contributed by atoms with Gasteiger partial charge in [0.05, 0.1) is 25.7 Å². The van der Waals surface area contributed by atoms with Crippen LogP contribution in [0, 0.1) is 0 Å². The number of halogens is 1. The van der Waals surface area contributed by atoms with Crippen LogP contribution in [0.4, 0.5) is 0 Å². The van der Waals surface area contributed by atoms with Gasteiger partial charge >= 0.3 is 0 Å². The van der Waals surface area contributed by atoms with Crippen LogP contribution in [0.25, 0.3) is 0 Å². The highest BCUT2D eigenvalue weighted by Crippen LogP contribution is 2.29. The minimum atomic E-state index is -3.16. The van der Waals surface area contributed by atoms with Gasteiger partial charge in [-0.25, -0.2) is 8.42 Å². The van der Waals surface area contributed by atoms with Crippen LogP contribution in [-0.2, 0) is 21.2 Å². The highest BCUT2D eigenvalue weighted by atomic mass is 35.5. The maximum Gasteiger partial charge on any atom is 0.261 e. The molecule has 0 spiro atoms. The number of amides is 1. The summed E-state index contributed by atoms with van der Waals surface area (Å²) in [6.07, 6.45) is 0.401. The molecule has 0 saturated carbocycles. The fourth-order valence-electron chi connectivity index (χ4n) is 3.40. The monoisotopic (exact) mass is 453 g/mol. The van der Waals surface area contributed by atoms with Gasteiger partial charge in [-0.1, -0.05) is 23.7 Å². The molecule has 162 valence electrons. The van der Waals surface area contributed by atoms with E-state index in [1.807, 2.05) is 6.07 Å². The lowest BCUT2D eigenvalue weighted by Gasteiger charge is -2.28. The van der Waals surface area contributed by atoms with Crippen molar-refractivity contribution in [1.29, 1.82) is 0 Å². The summed E-state index contributed by atoms with van der Waals surface area (Å²) in [6.45, 7) is 0.0163. The van der Waals surface area contributed by atoms with Gasteiger partial charge in [0.15, 0.2) is 27.9 Å². The molecule has 2 aromatic rings. The molecule has 1 atom stereocenters. The van der Waals surface area contributed by atoms with Gasteiger partial charge in [0.2, 0.25) is 0 Å². The Morgan fingerprint density at radius 3 is 2.53 bits per heavy atom. The third-order valence-electron chi connectivity index (χ3n) is 4.93. The van der Waals surface area contributed by atoms with E-state index in [2.05, 4.69) is 0 Å². The molecule has 30 heavy (non-hydrogen) atoms. The second-order valence-electron chi connectivity index (χ2n) is 7.01. The van der Waals surface area contributed by atoms with Crippen LogP contribution in [0.1, 0.15) is 12.0 Å². The standard InChI is InChI=1S/C21H24ClNO6S/c1-27-19-7-6-15(10-20(19)28-2)12-23(17-8-9-30(25,26)14-17)21(24)13-29-18-5-3-4-16(22)11-18/h3-7,10-11,17H,8-9,12-14H2,1-2H3. The summed E-state index contributed by atoms with van der Waals surface area (Å²) in [7, 11) is -0.0791. The molecule has 1 amide bonds. The van der Waals surface area contributed by atoms with Crippen molar-refractivity contribution in [2.24, 2.45) is 0 Å². The van der Waals surface area contributed by atoms with Crippen molar-refractivity contribution in [3.63, 3.8) is 0 Å². The quantitative estimate of drug-likeness (QED) is 0.611. The highest BCUT2D eigenvalue weighted by molar-refractivity contribution is 7.91. The lowest BCUT2D eigenvalue weighted by molar-refractivity contribution is -0.136. The van der Waals surface area contributed by atoms with E-state index >= 15 is 0 Å². The first-order chi connectivity index (χ1) is 14.3. The van der Waals surface area contributed by atoms with E-state index in [0.717, 1.165) is 5.56 Å². The first-order valence-electron chi connectivity index (χ1n) is 9.40. The smallest absolute Gasteiger partial charge is 0.261 e. The molecule has 0 N–H and O–H groups in total. The van der Waals surface area contributed by atoms with Crippen LogP contribution in [0.2, 0.25) is 5.02 Å². The molecule has 1 aliphatic rings. The zero-order chi connectivity index (χ0) is 21.7. The first kappa shape index (κ1) is 22.2. The van der Waals surface area contributed by atoms with Gasteiger partial charge < -0.3 is 19.1 Å². The van der Waals surface area contributed by atoms with Gasteiger partial charge in [0, 0.05) is 17.6 Å². The van der Waals surface area contributed by atoms with Gasteiger partial charge in [-0.15, -0.1) is 0 Å². The molecule has 0 bridgehead atoms. The van der Waals surface area contributed by atoms with Crippen LogP contribution in [0.15, 0.2) is 42.5 Å². The fourth-order valence-corrected chi connectivity index (χ4v) is 5.31. The molecule has 1 saturated heterocycles. The SMILES string of the molecule is COc1ccc(CN(C(=O)COc2cccc(Cl)c2)C2CCS(=O)(=O)C2)cc1OC. The van der Waals surface area contributed by atoms with E-state index < -0.39 is 15.9 Å². The number of carbonyl (C=O) groups is 1. The van der Waals surface area contributed by atoms with Gasteiger partial charge in [-0.2, -0.15) is 0 Å². The van der Waals surface area contributed by atoms with Crippen LogP contribution in [0.5, 0.6) is 17.2 Å². The molecule has 1 unspecified atom stereocenters. The Morgan fingerprint density at radius 1 is 1.13 bits per heavy atom. The number of benzene rings is 2. The van der Waals surface area contributed by atoms with Crippen molar-refractivity contribution in [3.05, 3.63) is 53.1 Å². The minimum absolute atomic E-state index is 0.0524. The Labute approximate surface area is 181 Å². The predicted molar refractivity (Wildman–Crippen MR) is 114 cm³/mol. The third kappa shape index (κ3) is 5.58. The van der Waals surface area contributed by atoms with E-state index in [1.54, 1.807) is 48.4 Å². The number of nitrogens with zero attached hydrogens (tertiary/aromatic N) is 1. The van der Waals surface area contributed by atoms with E-state index in [1.165, 1.54) is 7.11 Å². The maximum atomic E-state index is 13.0. The van der Waals surface area contributed by atoms with Crippen LogP contribution in [0.3, 0.4) is 0 Å². The molecule has 0 aliphatic carbocycles. The lowest BCUT2D eigenvalue weighted by Crippen LogP contribution is -2.43. The second-order valence-corrected chi connectivity index (χ2v) is 9.68. The Kier molecular flexibility index (Phi) is 7.10. The highest BCUT2D eigenvalue weighted by Gasteiger charge is 2.35. The number of methoxy groups -OCH3 is 2. The Bertz CT molecular complexity index is 1010. The summed E-state index contributed by atoms with van der Waals surface area (Å²) in [5, 5.41) is 0.504. The Balaban J connectivity index is 1.79. The van der Waals surface area contributed by atoms with Crippen molar-refractivity contribution in [2.45, 2.75) is 19.0 Å². The lowest BCUT2D eigenvalue weighted by atomic mass is 10.1. The summed E-state index contributed by atoms with van der Waals surface area (Å²) in [5.74, 6) is 1.31. The van der Waals surface area contributed by atoms with Crippen molar-refractivity contribution in [2.75, 3.05) is 32.3 Å². The summed E-state index contributed by atoms with van der Waals surface area (Å²) >= 11 is 5.95. The molecule has 7 nitrogen and oxygen atoms in total. The van der Waals surface area contributed by atoms with Crippen molar-refractivity contribution < 1.29 is 27.4 Å². The summed E-state index contributed by atoms with van der Waals surface area (Å²) in [5.41, 5.74) is 0.799. The average molecular weight is 454 g/mol. The predicted octanol–water partition coefficient (Wildman–Crippen LogP) is 2.95. The van der Waals surface area contributed by atoms with Crippen LogP contribution < -0.4 is 14.2 Å². The number of sulfone groups is 1. The molecule has 0 aromatic heterocycles. The van der Waals surface area contributed by atoms with Crippen molar-refractivity contribution in [3.8, 4) is 17.2 Å². The van der Waals surface area contributed by atoms with Gasteiger partial charge in [-0.05, 0) is 42.3 Å². The van der Waals surface area contributed by atoms with E-state index in [4.69, 9.17) is 25.8 Å². The first-order valence-corrected chi connectivity index (χ1v) is 11.6. The molecule has 2 aromatic carbocycles. The van der Waals surface area contributed by atoms with E-state index in [-0.39, 0.29) is 30.6 Å². The normalized spacial score (nSPS) is 17.4. The van der Waals surface area contributed by atoms with Crippen LogP contribution >= 0.6 is 11.6 Å². The second kappa shape index (κ2) is 9.57. The molecule has 1 aliphatic heterocycles. The number of rotatable bonds is 8. The average Bonchev–Trinajstić information content (AvgIpc) is 3.09. The largest absolute Gasteiger partial charge is 0.493 e. The van der Waals surface area contributed by atoms with Gasteiger partial charge in [-0.3, -0.25) is 4.79 Å². The van der Waals surface area contributed by atoms with E-state index in [0.29, 0.717) is 28.7 Å². The third-order valence-corrected chi connectivity index (χ3v) is 6.91. The maximum absolute atomic E-state index is 13.0. The number of hydrogen-bond acceptors (Lipinski definition) is 6. The van der Waals surface area contributed by atoms with Gasteiger partial charge in [0.25, 0.3) is 5.91 Å². The fraction of sp³-hybridized carbons (Fsp3) is 0.381. The van der Waals surface area contributed by atoms with Crippen molar-refractivity contribution in [1.82, 2.24) is 4.90 Å². The number of hydrogen-bond donors (Lipinski definition) is 0. The number of carbonyl (C=O) groups excluding carboxylic acids is 1. The molecular weight excluding hydrogens is 430 g/mol. The molecule has 0 radical (unpaired) electrons. The summed E-state index contributed by atoms with van der Waals surface area (Å²) < 4.78 is 40.2. The molecule has 3 rings (SSSR count). The topological polar surface area (TPSA) is 82.1 Å². The van der Waals surface area contributed by atoms with E-state index in [9.17, 15) is 13.2 Å². The number of ether oxygens (including phenoxy) is 3. The zero-order valence-corrected chi connectivity index (χ0v) is 18.4. The summed E-state index contributed by atoms with van der Waals surface area (Å²) in [4.78, 5) is 14.6. The molecule has 9 heteroatoms. The zero-order valence-electron chi connectivity index (χ0n) is 16.8. The van der Waals surface area contributed by atoms with Gasteiger partial charge in [0.1, 0.15) is 5.75 Å². The molecular formula is C21H24ClNO6S. The molecule has 1 heterocycles.